The van der Waals surface area contributed by atoms with Crippen molar-refractivity contribution in [2.75, 3.05) is 26.7 Å². The Balaban J connectivity index is 2.48. The Hall–Kier alpha value is -0.610. The van der Waals surface area contributed by atoms with E-state index in [0.29, 0.717) is 0 Å². The molecule has 0 saturated carbocycles. The lowest BCUT2D eigenvalue weighted by molar-refractivity contribution is -0.132. The molecule has 1 unspecified atom stereocenters. The number of hydrogen-bond donors (Lipinski definition) is 1. The van der Waals surface area contributed by atoms with Crippen LogP contribution in [0.3, 0.4) is 0 Å². The van der Waals surface area contributed by atoms with E-state index in [2.05, 4.69) is 19.2 Å². The van der Waals surface area contributed by atoms with E-state index >= 15 is 0 Å². The Labute approximate surface area is 98.3 Å². The summed E-state index contributed by atoms with van der Waals surface area (Å²) in [5.74, 6) is 0.212. The first-order valence-electron chi connectivity index (χ1n) is 6.03. The minimum absolute atomic E-state index is 0.0480. The Bertz CT molecular complexity index is 241. The minimum atomic E-state index is -0.150. The third-order valence-corrected chi connectivity index (χ3v) is 3.27. The molecule has 4 nitrogen and oxygen atoms in total. The summed E-state index contributed by atoms with van der Waals surface area (Å²) in [6, 6.07) is -0.0480. The Morgan fingerprint density at radius 1 is 1.56 bits per heavy atom. The zero-order valence-electron chi connectivity index (χ0n) is 10.9. The van der Waals surface area contributed by atoms with Crippen LogP contribution in [0.4, 0.5) is 0 Å². The van der Waals surface area contributed by atoms with Gasteiger partial charge >= 0.3 is 0 Å². The van der Waals surface area contributed by atoms with Crippen LogP contribution in [-0.2, 0) is 9.53 Å². The molecule has 1 aliphatic heterocycles. The normalized spacial score (nSPS) is 23.4. The van der Waals surface area contributed by atoms with Crippen LogP contribution in [0.15, 0.2) is 0 Å². The third kappa shape index (κ3) is 3.76. The van der Waals surface area contributed by atoms with Crippen molar-refractivity contribution in [1.82, 2.24) is 10.2 Å². The number of hydrogen-bond acceptors (Lipinski definition) is 3. The van der Waals surface area contributed by atoms with Crippen LogP contribution in [0.25, 0.3) is 0 Å². The standard InChI is InChI=1S/C12H24N2O2/c1-10-11(15)14(8-5-7-13-10)9-6-12(2,3)16-4/h10,13H,5-9H2,1-4H3. The molecule has 0 bridgehead atoms. The molecular weight excluding hydrogens is 204 g/mol. The maximum Gasteiger partial charge on any atom is 0.239 e. The molecule has 0 radical (unpaired) electrons. The summed E-state index contributed by atoms with van der Waals surface area (Å²) >= 11 is 0. The summed E-state index contributed by atoms with van der Waals surface area (Å²) in [6.07, 6.45) is 1.91. The van der Waals surface area contributed by atoms with Gasteiger partial charge in [-0.3, -0.25) is 4.79 Å². The van der Waals surface area contributed by atoms with Gasteiger partial charge in [0.05, 0.1) is 11.6 Å². The molecule has 0 aliphatic carbocycles. The fraction of sp³-hybridized carbons (Fsp3) is 0.917. The summed E-state index contributed by atoms with van der Waals surface area (Å²) in [4.78, 5) is 13.9. The van der Waals surface area contributed by atoms with Crippen molar-refractivity contribution in [2.24, 2.45) is 0 Å². The van der Waals surface area contributed by atoms with E-state index in [0.717, 1.165) is 32.5 Å². The zero-order chi connectivity index (χ0) is 12.2. The monoisotopic (exact) mass is 228 g/mol. The highest BCUT2D eigenvalue weighted by Gasteiger charge is 2.25. The summed E-state index contributed by atoms with van der Waals surface area (Å²) < 4.78 is 5.37. The van der Waals surface area contributed by atoms with Crippen molar-refractivity contribution in [3.63, 3.8) is 0 Å². The molecule has 0 spiro atoms. The predicted molar refractivity (Wildman–Crippen MR) is 64.4 cm³/mol. The predicted octanol–water partition coefficient (Wildman–Crippen LogP) is 1.01. The number of ether oxygens (including phenoxy) is 1. The molecule has 1 rings (SSSR count). The van der Waals surface area contributed by atoms with Crippen molar-refractivity contribution >= 4 is 5.91 Å². The van der Waals surface area contributed by atoms with Crippen molar-refractivity contribution in [2.45, 2.75) is 45.3 Å². The molecule has 4 heteroatoms. The zero-order valence-corrected chi connectivity index (χ0v) is 10.9. The molecular formula is C12H24N2O2. The van der Waals surface area contributed by atoms with Crippen molar-refractivity contribution < 1.29 is 9.53 Å². The first-order valence-corrected chi connectivity index (χ1v) is 6.03. The number of nitrogens with zero attached hydrogens (tertiary/aromatic N) is 1. The maximum atomic E-state index is 12.0. The van der Waals surface area contributed by atoms with Gasteiger partial charge in [-0.2, -0.15) is 0 Å². The number of amides is 1. The van der Waals surface area contributed by atoms with Gasteiger partial charge in [-0.1, -0.05) is 0 Å². The van der Waals surface area contributed by atoms with E-state index in [9.17, 15) is 4.79 Å². The Kier molecular flexibility index (Phi) is 4.74. The fourth-order valence-electron chi connectivity index (χ4n) is 1.79. The lowest BCUT2D eigenvalue weighted by Crippen LogP contribution is -2.43. The van der Waals surface area contributed by atoms with Gasteiger partial charge in [0.2, 0.25) is 5.91 Å². The van der Waals surface area contributed by atoms with Crippen LogP contribution in [0.1, 0.15) is 33.6 Å². The van der Waals surface area contributed by atoms with Crippen LogP contribution in [0, 0.1) is 0 Å². The van der Waals surface area contributed by atoms with Crippen LogP contribution < -0.4 is 5.32 Å². The molecule has 1 N–H and O–H groups in total. The number of rotatable bonds is 4. The fourth-order valence-corrected chi connectivity index (χ4v) is 1.79. The van der Waals surface area contributed by atoms with Gasteiger partial charge in [-0.05, 0) is 40.2 Å². The van der Waals surface area contributed by atoms with E-state index in [-0.39, 0.29) is 17.6 Å². The number of carbonyl (C=O) groups is 1. The molecule has 1 aliphatic rings. The quantitative estimate of drug-likeness (QED) is 0.781. The summed E-state index contributed by atoms with van der Waals surface area (Å²) in [5, 5.41) is 3.21. The molecule has 0 aromatic heterocycles. The van der Waals surface area contributed by atoms with Crippen LogP contribution in [0.2, 0.25) is 0 Å². The number of carbonyl (C=O) groups excluding carboxylic acids is 1. The van der Waals surface area contributed by atoms with E-state index < -0.39 is 0 Å². The average molecular weight is 228 g/mol. The SMILES string of the molecule is COC(C)(C)CCN1CCCNC(C)C1=O. The highest BCUT2D eigenvalue weighted by molar-refractivity contribution is 5.81. The van der Waals surface area contributed by atoms with Gasteiger partial charge in [-0.25, -0.2) is 0 Å². The molecule has 0 aromatic rings. The Morgan fingerprint density at radius 2 is 2.25 bits per heavy atom. The summed E-state index contributed by atoms with van der Waals surface area (Å²) in [5.41, 5.74) is -0.150. The second kappa shape index (κ2) is 5.64. The van der Waals surface area contributed by atoms with Crippen LogP contribution in [0.5, 0.6) is 0 Å². The van der Waals surface area contributed by atoms with Crippen molar-refractivity contribution in [3.8, 4) is 0 Å². The maximum absolute atomic E-state index is 12.0. The minimum Gasteiger partial charge on any atom is -0.379 e. The first-order chi connectivity index (χ1) is 7.46. The highest BCUT2D eigenvalue weighted by atomic mass is 16.5. The van der Waals surface area contributed by atoms with Gasteiger partial charge in [0.1, 0.15) is 0 Å². The average Bonchev–Trinajstić information content (AvgIpc) is 2.40. The van der Waals surface area contributed by atoms with Crippen molar-refractivity contribution in [1.29, 1.82) is 0 Å². The molecule has 1 saturated heterocycles. The molecule has 0 aromatic carbocycles. The largest absolute Gasteiger partial charge is 0.379 e. The molecule has 1 amide bonds. The molecule has 1 atom stereocenters. The van der Waals surface area contributed by atoms with Gasteiger partial charge in [0.15, 0.2) is 0 Å². The van der Waals surface area contributed by atoms with E-state index in [1.54, 1.807) is 7.11 Å². The summed E-state index contributed by atoms with van der Waals surface area (Å²) in [6.45, 7) is 8.61. The molecule has 16 heavy (non-hydrogen) atoms. The van der Waals surface area contributed by atoms with E-state index in [4.69, 9.17) is 4.74 Å². The van der Waals surface area contributed by atoms with Crippen LogP contribution in [-0.4, -0.2) is 49.2 Å². The molecule has 1 heterocycles. The first kappa shape index (κ1) is 13.5. The smallest absolute Gasteiger partial charge is 0.239 e. The second-order valence-corrected chi connectivity index (χ2v) is 5.07. The number of methoxy groups -OCH3 is 1. The van der Waals surface area contributed by atoms with Gasteiger partial charge in [0, 0.05) is 20.2 Å². The van der Waals surface area contributed by atoms with E-state index in [1.807, 2.05) is 11.8 Å². The number of nitrogens with one attached hydrogen (secondary N) is 1. The van der Waals surface area contributed by atoms with Crippen molar-refractivity contribution in [3.05, 3.63) is 0 Å². The lowest BCUT2D eigenvalue weighted by atomic mass is 10.0. The molecule has 94 valence electrons. The lowest BCUT2D eigenvalue weighted by Gasteiger charge is -2.28. The highest BCUT2D eigenvalue weighted by Crippen LogP contribution is 2.14. The topological polar surface area (TPSA) is 41.6 Å². The van der Waals surface area contributed by atoms with Gasteiger partial charge in [-0.15, -0.1) is 0 Å². The summed E-state index contributed by atoms with van der Waals surface area (Å²) in [7, 11) is 1.72. The Morgan fingerprint density at radius 3 is 2.88 bits per heavy atom. The molecule has 1 fully saturated rings. The van der Waals surface area contributed by atoms with Gasteiger partial charge < -0.3 is 15.0 Å². The third-order valence-electron chi connectivity index (χ3n) is 3.27. The van der Waals surface area contributed by atoms with Crippen LogP contribution >= 0.6 is 0 Å². The van der Waals surface area contributed by atoms with E-state index in [1.165, 1.54) is 0 Å². The van der Waals surface area contributed by atoms with Gasteiger partial charge in [0.25, 0.3) is 0 Å². The second-order valence-electron chi connectivity index (χ2n) is 5.07.